The normalized spacial score (nSPS) is 13.8. The summed E-state index contributed by atoms with van der Waals surface area (Å²) in [5.41, 5.74) is 0. The zero-order valence-corrected chi connectivity index (χ0v) is 52.2. The highest BCUT2D eigenvalue weighted by molar-refractivity contribution is 7.47. The van der Waals surface area contributed by atoms with Gasteiger partial charge in [0.1, 0.15) is 19.3 Å². The van der Waals surface area contributed by atoms with Crippen molar-refractivity contribution in [2.24, 2.45) is 0 Å². The number of likely N-dealkylation sites (N-methyl/N-ethyl adjacent to an activating group) is 1. The Kier molecular flexibility index (Phi) is 55.2. The second-order valence-corrected chi connectivity index (χ2v) is 25.1. The average molecular weight is 1090 g/mol. The van der Waals surface area contributed by atoms with E-state index in [9.17, 15) is 19.0 Å². The minimum atomic E-state index is -4.45. The predicted molar refractivity (Wildman–Crippen MR) is 328 cm³/mol. The summed E-state index contributed by atoms with van der Waals surface area (Å²) in [6.07, 6.45) is 68.5. The highest BCUT2D eigenvalue weighted by atomic mass is 31.2. The number of ether oxygens (including phenoxy) is 1. The van der Waals surface area contributed by atoms with Crippen LogP contribution < -0.4 is 5.32 Å². The van der Waals surface area contributed by atoms with Crippen LogP contribution in [0.2, 0.25) is 0 Å². The first kappa shape index (κ1) is 74.2. The van der Waals surface area contributed by atoms with Crippen LogP contribution >= 0.6 is 7.82 Å². The molecule has 0 heterocycles. The number of carbonyl (C=O) groups excluding carboxylic acids is 2. The number of nitrogens with one attached hydrogen (secondary N) is 1. The maximum Gasteiger partial charge on any atom is 0.472 e. The van der Waals surface area contributed by atoms with E-state index in [2.05, 4.69) is 50.4 Å². The van der Waals surface area contributed by atoms with Crippen molar-refractivity contribution in [3.63, 3.8) is 0 Å². The molecular formula is C66H128N2O7P+. The van der Waals surface area contributed by atoms with E-state index in [1.54, 1.807) is 0 Å². The van der Waals surface area contributed by atoms with Crippen LogP contribution in [0.25, 0.3) is 0 Å². The molecule has 10 heteroatoms. The van der Waals surface area contributed by atoms with E-state index in [0.29, 0.717) is 23.9 Å². The molecule has 0 aliphatic carbocycles. The first-order valence-electron chi connectivity index (χ1n) is 32.8. The number of phosphoric ester groups is 1. The van der Waals surface area contributed by atoms with Crippen LogP contribution in [0.3, 0.4) is 0 Å². The molecule has 0 bridgehead atoms. The summed E-state index contributed by atoms with van der Waals surface area (Å²) in [5, 5.41) is 3.07. The van der Waals surface area contributed by atoms with Gasteiger partial charge >= 0.3 is 13.8 Å². The highest BCUT2D eigenvalue weighted by Gasteiger charge is 2.30. The quantitative estimate of drug-likeness (QED) is 0.0205. The lowest BCUT2D eigenvalue weighted by Gasteiger charge is -2.27. The molecular weight excluding hydrogens is 964 g/mol. The zero-order valence-electron chi connectivity index (χ0n) is 51.3. The van der Waals surface area contributed by atoms with Crippen LogP contribution in [0, 0.1) is 0 Å². The van der Waals surface area contributed by atoms with E-state index in [1.165, 1.54) is 225 Å². The zero-order chi connectivity index (χ0) is 55.7. The number of nitrogens with zero attached hydrogens (tertiary/aromatic N) is 1. The largest absolute Gasteiger partial charge is 0.472 e. The number of hydrogen-bond donors (Lipinski definition) is 2. The van der Waals surface area contributed by atoms with Crippen molar-refractivity contribution in [1.82, 2.24) is 5.32 Å². The van der Waals surface area contributed by atoms with Crippen molar-refractivity contribution in [3.05, 3.63) is 36.5 Å². The van der Waals surface area contributed by atoms with Crippen molar-refractivity contribution >= 4 is 19.7 Å². The Hall–Kier alpha value is -1.77. The molecule has 9 nitrogen and oxygen atoms in total. The summed E-state index contributed by atoms with van der Waals surface area (Å²) >= 11 is 0. The van der Waals surface area contributed by atoms with E-state index < -0.39 is 20.0 Å². The number of amides is 1. The molecule has 3 atom stereocenters. The fourth-order valence-corrected chi connectivity index (χ4v) is 10.5. The second kappa shape index (κ2) is 56.5. The van der Waals surface area contributed by atoms with Crippen molar-refractivity contribution in [2.75, 3.05) is 40.9 Å². The topological polar surface area (TPSA) is 111 Å². The molecule has 0 saturated heterocycles. The monoisotopic (exact) mass is 1090 g/mol. The third-order valence-corrected chi connectivity index (χ3v) is 15.8. The SMILES string of the molecule is CCCCC/C=C\C/C=C\CCCCCCCCCCCCCCCC(=O)NC(COP(=O)(O)OCC[N+](C)(C)C)C(/C=C\CCCCCCCCCCCCC)OC(=O)CCCCCCCCCCCCCCCC. The molecule has 0 saturated carbocycles. The molecule has 0 aromatic carbocycles. The summed E-state index contributed by atoms with van der Waals surface area (Å²) in [7, 11) is 1.51. The van der Waals surface area contributed by atoms with E-state index in [1.807, 2.05) is 33.3 Å². The maximum absolute atomic E-state index is 13.6. The highest BCUT2D eigenvalue weighted by Crippen LogP contribution is 2.43. The first-order valence-corrected chi connectivity index (χ1v) is 34.3. The number of hydrogen-bond acceptors (Lipinski definition) is 6. The van der Waals surface area contributed by atoms with Crippen LogP contribution in [0.4, 0.5) is 0 Å². The third-order valence-electron chi connectivity index (χ3n) is 14.8. The summed E-state index contributed by atoms with van der Waals surface area (Å²) in [4.78, 5) is 37.8. The van der Waals surface area contributed by atoms with Gasteiger partial charge in [0.15, 0.2) is 0 Å². The average Bonchev–Trinajstić information content (AvgIpc) is 3.38. The fraction of sp³-hybridized carbons (Fsp3) is 0.879. The van der Waals surface area contributed by atoms with Gasteiger partial charge in [-0.2, -0.15) is 0 Å². The van der Waals surface area contributed by atoms with E-state index in [4.69, 9.17) is 13.8 Å². The van der Waals surface area contributed by atoms with E-state index in [0.717, 1.165) is 64.2 Å². The van der Waals surface area contributed by atoms with Gasteiger partial charge in [-0.15, -0.1) is 0 Å². The van der Waals surface area contributed by atoms with Gasteiger partial charge in [-0.1, -0.05) is 282 Å². The fourth-order valence-electron chi connectivity index (χ4n) is 9.74. The third kappa shape index (κ3) is 56.9. The Morgan fingerprint density at radius 1 is 0.461 bits per heavy atom. The maximum atomic E-state index is 13.6. The standard InChI is InChI=1S/C66H127N2O7P/c1-7-10-13-16-19-22-25-28-30-31-32-33-34-35-36-37-38-40-43-46-49-52-55-58-65(69)67-63(62-74-76(71,72)73-61-60-68(4,5)6)64(57-54-51-48-45-42-39-27-24-21-18-15-12-9-3)75-66(70)59-56-53-50-47-44-41-29-26-23-20-17-14-11-8-2/h19,22,28,30,54,57,63-64H,7-18,20-21,23-27,29,31-53,55-56,58-62H2,1-6H3,(H-,67,69,71,72)/p+1/b22-19-,30-28-,57-54-. The number of esters is 1. The predicted octanol–water partition coefficient (Wildman–Crippen LogP) is 20.3. The van der Waals surface area contributed by atoms with Gasteiger partial charge in [-0.05, 0) is 63.9 Å². The molecule has 0 aromatic heterocycles. The van der Waals surface area contributed by atoms with Crippen LogP contribution in [0.1, 0.15) is 323 Å². The Bertz CT molecular complexity index is 1400. The van der Waals surface area contributed by atoms with Gasteiger partial charge in [-0.3, -0.25) is 18.6 Å². The first-order chi connectivity index (χ1) is 36.9. The van der Waals surface area contributed by atoms with Crippen molar-refractivity contribution < 1.29 is 37.3 Å². The molecule has 0 spiro atoms. The Labute approximate surface area is 472 Å². The van der Waals surface area contributed by atoms with Crippen molar-refractivity contribution in [1.29, 1.82) is 0 Å². The second-order valence-electron chi connectivity index (χ2n) is 23.6. The van der Waals surface area contributed by atoms with Gasteiger partial charge in [-0.25, -0.2) is 4.57 Å². The number of allylic oxidation sites excluding steroid dienone is 5. The summed E-state index contributed by atoms with van der Waals surface area (Å²) in [6.45, 7) is 7.03. The summed E-state index contributed by atoms with van der Waals surface area (Å²) in [6, 6.07) is -0.844. The Morgan fingerprint density at radius 3 is 1.21 bits per heavy atom. The molecule has 0 aromatic rings. The molecule has 448 valence electrons. The van der Waals surface area contributed by atoms with Crippen molar-refractivity contribution in [2.45, 2.75) is 335 Å². The van der Waals surface area contributed by atoms with Gasteiger partial charge in [0, 0.05) is 12.8 Å². The number of quaternary nitrogens is 1. The van der Waals surface area contributed by atoms with Gasteiger partial charge in [0.2, 0.25) is 5.91 Å². The molecule has 0 rings (SSSR count). The lowest BCUT2D eigenvalue weighted by Crippen LogP contribution is -2.47. The molecule has 0 fully saturated rings. The van der Waals surface area contributed by atoms with E-state index >= 15 is 0 Å². The Morgan fingerprint density at radius 2 is 0.803 bits per heavy atom. The number of rotatable bonds is 60. The lowest BCUT2D eigenvalue weighted by molar-refractivity contribution is -0.870. The summed E-state index contributed by atoms with van der Waals surface area (Å²) < 4.78 is 30.8. The molecule has 0 aliphatic rings. The van der Waals surface area contributed by atoms with Crippen LogP contribution in [-0.4, -0.2) is 74.3 Å². The number of carbonyl (C=O) groups is 2. The van der Waals surface area contributed by atoms with Crippen LogP contribution in [0.15, 0.2) is 36.5 Å². The Balaban J connectivity index is 5.13. The van der Waals surface area contributed by atoms with Crippen molar-refractivity contribution in [3.8, 4) is 0 Å². The minimum absolute atomic E-state index is 0.0430. The minimum Gasteiger partial charge on any atom is -0.456 e. The van der Waals surface area contributed by atoms with Gasteiger partial charge in [0.05, 0.1) is 33.8 Å². The molecule has 2 N–H and O–H groups in total. The number of phosphoric acid groups is 1. The van der Waals surface area contributed by atoms with E-state index in [-0.39, 0.29) is 25.1 Å². The van der Waals surface area contributed by atoms with Gasteiger partial charge < -0.3 is 19.4 Å². The lowest BCUT2D eigenvalue weighted by atomic mass is 10.0. The molecule has 0 radical (unpaired) electrons. The van der Waals surface area contributed by atoms with Crippen LogP contribution in [0.5, 0.6) is 0 Å². The van der Waals surface area contributed by atoms with Gasteiger partial charge in [0.25, 0.3) is 0 Å². The molecule has 1 amide bonds. The number of unbranched alkanes of at least 4 members (excludes halogenated alkanes) is 40. The molecule has 3 unspecified atom stereocenters. The molecule has 0 aliphatic heterocycles. The smallest absolute Gasteiger partial charge is 0.456 e. The van der Waals surface area contributed by atoms with Crippen LogP contribution in [-0.2, 0) is 27.9 Å². The molecule has 76 heavy (non-hydrogen) atoms. The summed E-state index contributed by atoms with van der Waals surface area (Å²) in [5.74, 6) is -0.489.